The van der Waals surface area contributed by atoms with E-state index in [-0.39, 0.29) is 0 Å². The molecule has 0 fully saturated rings. The van der Waals surface area contributed by atoms with Gasteiger partial charge in [-0.15, -0.1) is 0 Å². The number of hydrogen-bond acceptors (Lipinski definition) is 1. The van der Waals surface area contributed by atoms with Crippen LogP contribution < -0.4 is 0 Å². The molecular formula is C23H20N2. The number of fused-ring (bicyclic) bond motifs is 5. The molecule has 0 bridgehead atoms. The van der Waals surface area contributed by atoms with Crippen molar-refractivity contribution in [2.24, 2.45) is 0 Å². The summed E-state index contributed by atoms with van der Waals surface area (Å²) in [6, 6.07) is 25.7. The number of hydrogen-bond donors (Lipinski definition) is 0. The molecule has 0 saturated heterocycles. The van der Waals surface area contributed by atoms with Gasteiger partial charge in [0.15, 0.2) is 0 Å². The first kappa shape index (κ1) is 15.4. The molecule has 2 heteroatoms. The van der Waals surface area contributed by atoms with Crippen LogP contribution >= 0.6 is 0 Å². The zero-order valence-corrected chi connectivity index (χ0v) is 14.5. The lowest BCUT2D eigenvalue weighted by molar-refractivity contribution is 1.16. The fraction of sp³-hybridized carbons (Fsp3) is 0.0870. The van der Waals surface area contributed by atoms with Crippen LogP contribution in [0, 0.1) is 0 Å². The van der Waals surface area contributed by atoms with Crippen LogP contribution in [-0.2, 0) is 0 Å². The van der Waals surface area contributed by atoms with E-state index in [0.717, 1.165) is 5.69 Å². The van der Waals surface area contributed by atoms with E-state index in [2.05, 4.69) is 82.3 Å². The standard InChI is InChI=1S/C21H14N2.C2H6/c1-2-6-17-15(5-1)9-10-19-18-7-3-4-8-20(18)23(21(17)19)16-11-13-22-14-12-16;1-2/h1-14H;1-2H3. The van der Waals surface area contributed by atoms with Gasteiger partial charge in [0.2, 0.25) is 0 Å². The van der Waals surface area contributed by atoms with Gasteiger partial charge in [-0.1, -0.05) is 68.4 Å². The lowest BCUT2D eigenvalue weighted by atomic mass is 10.1. The second kappa shape index (κ2) is 6.40. The Balaban J connectivity index is 0.000000758. The maximum Gasteiger partial charge on any atom is 0.0619 e. The van der Waals surface area contributed by atoms with Gasteiger partial charge >= 0.3 is 0 Å². The third kappa shape index (κ3) is 2.38. The van der Waals surface area contributed by atoms with Gasteiger partial charge in [0.25, 0.3) is 0 Å². The van der Waals surface area contributed by atoms with Crippen molar-refractivity contribution in [1.82, 2.24) is 9.55 Å². The average molecular weight is 324 g/mol. The number of benzene rings is 3. The summed E-state index contributed by atoms with van der Waals surface area (Å²) in [5.74, 6) is 0. The Labute approximate surface area is 147 Å². The molecule has 0 saturated carbocycles. The van der Waals surface area contributed by atoms with Crippen molar-refractivity contribution in [2.75, 3.05) is 0 Å². The number of aromatic nitrogens is 2. The third-order valence-corrected chi connectivity index (χ3v) is 4.48. The first-order valence-corrected chi connectivity index (χ1v) is 8.75. The van der Waals surface area contributed by atoms with E-state index in [9.17, 15) is 0 Å². The molecular weight excluding hydrogens is 304 g/mol. The zero-order chi connectivity index (χ0) is 17.2. The Morgan fingerprint density at radius 1 is 0.640 bits per heavy atom. The molecule has 2 aromatic heterocycles. The molecule has 0 aliphatic heterocycles. The van der Waals surface area contributed by atoms with Crippen LogP contribution in [0.2, 0.25) is 0 Å². The van der Waals surface area contributed by atoms with Crippen LogP contribution in [0.3, 0.4) is 0 Å². The molecule has 0 aliphatic rings. The highest BCUT2D eigenvalue weighted by Gasteiger charge is 2.13. The van der Waals surface area contributed by atoms with E-state index < -0.39 is 0 Å². The highest BCUT2D eigenvalue weighted by molar-refractivity contribution is 6.18. The van der Waals surface area contributed by atoms with Gasteiger partial charge in [-0.3, -0.25) is 4.98 Å². The van der Waals surface area contributed by atoms with Gasteiger partial charge in [0.1, 0.15) is 0 Å². The summed E-state index contributed by atoms with van der Waals surface area (Å²) < 4.78 is 2.34. The molecule has 0 unspecified atom stereocenters. The van der Waals surface area contributed by atoms with Crippen molar-refractivity contribution >= 4 is 32.6 Å². The molecule has 0 atom stereocenters. The quantitative estimate of drug-likeness (QED) is 0.351. The van der Waals surface area contributed by atoms with E-state index in [0.29, 0.717) is 0 Å². The predicted octanol–water partition coefficient (Wildman–Crippen LogP) is 6.36. The van der Waals surface area contributed by atoms with Crippen LogP contribution in [-0.4, -0.2) is 9.55 Å². The first-order chi connectivity index (χ1) is 12.4. The Morgan fingerprint density at radius 3 is 2.12 bits per heavy atom. The summed E-state index contributed by atoms with van der Waals surface area (Å²) in [5, 5.41) is 5.11. The lowest BCUT2D eigenvalue weighted by Gasteiger charge is -2.09. The van der Waals surface area contributed by atoms with Crippen molar-refractivity contribution in [3.63, 3.8) is 0 Å². The summed E-state index contributed by atoms with van der Waals surface area (Å²) in [6.07, 6.45) is 3.70. The molecule has 0 N–H and O–H groups in total. The highest BCUT2D eigenvalue weighted by Crippen LogP contribution is 2.36. The summed E-state index contributed by atoms with van der Waals surface area (Å²) in [5.41, 5.74) is 3.63. The minimum atomic E-state index is 1.14. The molecule has 0 amide bonds. The number of pyridine rings is 1. The normalized spacial score (nSPS) is 10.8. The molecule has 2 nitrogen and oxygen atoms in total. The SMILES string of the molecule is CC.c1ccc2c(c1)ccc1c3ccccc3n(-c3ccncc3)c21. The topological polar surface area (TPSA) is 17.8 Å². The van der Waals surface area contributed by atoms with Crippen LogP contribution in [0.5, 0.6) is 0 Å². The molecule has 2 heterocycles. The Hall–Kier alpha value is -3.13. The molecule has 122 valence electrons. The highest BCUT2D eigenvalue weighted by atomic mass is 15.0. The molecule has 3 aromatic carbocycles. The molecule has 0 radical (unpaired) electrons. The second-order valence-corrected chi connectivity index (χ2v) is 5.74. The fourth-order valence-corrected chi connectivity index (χ4v) is 3.49. The number of para-hydroxylation sites is 1. The second-order valence-electron chi connectivity index (χ2n) is 5.74. The van der Waals surface area contributed by atoms with E-state index in [1.807, 2.05) is 26.2 Å². The summed E-state index contributed by atoms with van der Waals surface area (Å²) in [7, 11) is 0. The fourth-order valence-electron chi connectivity index (χ4n) is 3.49. The molecule has 0 spiro atoms. The van der Waals surface area contributed by atoms with E-state index in [1.165, 1.54) is 32.6 Å². The van der Waals surface area contributed by atoms with Gasteiger partial charge in [0, 0.05) is 34.2 Å². The summed E-state index contributed by atoms with van der Waals surface area (Å²) in [6.45, 7) is 4.00. The summed E-state index contributed by atoms with van der Waals surface area (Å²) in [4.78, 5) is 4.16. The lowest BCUT2D eigenvalue weighted by Crippen LogP contribution is -1.94. The van der Waals surface area contributed by atoms with Crippen molar-refractivity contribution in [2.45, 2.75) is 13.8 Å². The summed E-state index contributed by atoms with van der Waals surface area (Å²) >= 11 is 0. The van der Waals surface area contributed by atoms with Gasteiger partial charge < -0.3 is 4.57 Å². The minimum absolute atomic E-state index is 1.14. The third-order valence-electron chi connectivity index (χ3n) is 4.48. The van der Waals surface area contributed by atoms with Crippen molar-refractivity contribution in [1.29, 1.82) is 0 Å². The van der Waals surface area contributed by atoms with E-state index in [1.54, 1.807) is 0 Å². The monoisotopic (exact) mass is 324 g/mol. The molecule has 5 aromatic rings. The molecule has 25 heavy (non-hydrogen) atoms. The first-order valence-electron chi connectivity index (χ1n) is 8.75. The maximum atomic E-state index is 4.16. The smallest absolute Gasteiger partial charge is 0.0619 e. The van der Waals surface area contributed by atoms with Crippen LogP contribution in [0.1, 0.15) is 13.8 Å². The van der Waals surface area contributed by atoms with Crippen LogP contribution in [0.4, 0.5) is 0 Å². The Bertz CT molecular complexity index is 1150. The number of rotatable bonds is 1. The predicted molar refractivity (Wildman–Crippen MR) is 107 cm³/mol. The largest absolute Gasteiger partial charge is 0.309 e. The Kier molecular flexibility index (Phi) is 3.95. The average Bonchev–Trinajstić information content (AvgIpc) is 3.05. The van der Waals surface area contributed by atoms with Crippen molar-refractivity contribution in [3.8, 4) is 5.69 Å². The van der Waals surface area contributed by atoms with Crippen molar-refractivity contribution in [3.05, 3.63) is 85.2 Å². The minimum Gasteiger partial charge on any atom is -0.309 e. The zero-order valence-electron chi connectivity index (χ0n) is 14.5. The van der Waals surface area contributed by atoms with E-state index in [4.69, 9.17) is 0 Å². The van der Waals surface area contributed by atoms with Crippen LogP contribution in [0.25, 0.3) is 38.3 Å². The van der Waals surface area contributed by atoms with Gasteiger partial charge in [-0.25, -0.2) is 0 Å². The van der Waals surface area contributed by atoms with Gasteiger partial charge in [-0.05, 0) is 23.6 Å². The molecule has 0 aliphatic carbocycles. The molecule has 5 rings (SSSR count). The number of nitrogens with zero attached hydrogens (tertiary/aromatic N) is 2. The van der Waals surface area contributed by atoms with E-state index >= 15 is 0 Å². The maximum absolute atomic E-state index is 4.16. The van der Waals surface area contributed by atoms with Gasteiger partial charge in [0.05, 0.1) is 11.0 Å². The van der Waals surface area contributed by atoms with Crippen LogP contribution in [0.15, 0.2) is 85.2 Å². The Morgan fingerprint density at radius 2 is 1.32 bits per heavy atom. The van der Waals surface area contributed by atoms with Crippen molar-refractivity contribution < 1.29 is 0 Å². The van der Waals surface area contributed by atoms with Gasteiger partial charge in [-0.2, -0.15) is 0 Å².